The highest BCUT2D eigenvalue weighted by atomic mass is 16.5. The molecule has 1 aromatic heterocycles. The molecule has 2 N–H and O–H groups in total. The molecule has 1 atom stereocenters. The summed E-state index contributed by atoms with van der Waals surface area (Å²) in [6, 6.07) is 1.75. The van der Waals surface area contributed by atoms with E-state index in [9.17, 15) is 5.11 Å². The van der Waals surface area contributed by atoms with E-state index in [-0.39, 0.29) is 0 Å². The molecular weight excluding hydrogens is 248 g/mol. The van der Waals surface area contributed by atoms with E-state index in [1.165, 1.54) is 0 Å². The van der Waals surface area contributed by atoms with Gasteiger partial charge in [0.1, 0.15) is 5.60 Å². The van der Waals surface area contributed by atoms with Crippen LogP contribution in [0.2, 0.25) is 0 Å². The maximum absolute atomic E-state index is 10.1. The minimum absolute atomic E-state index is 0.378. The van der Waals surface area contributed by atoms with Crippen LogP contribution < -0.4 is 14.8 Å². The number of pyridine rings is 1. The van der Waals surface area contributed by atoms with Gasteiger partial charge in [0.2, 0.25) is 0 Å². The number of aliphatic hydroxyl groups is 1. The van der Waals surface area contributed by atoms with E-state index in [1.54, 1.807) is 26.5 Å². The molecule has 1 aliphatic rings. The average Bonchev–Trinajstić information content (AvgIpc) is 2.85. The Morgan fingerprint density at radius 3 is 2.95 bits per heavy atom. The summed E-state index contributed by atoms with van der Waals surface area (Å²) in [5.41, 5.74) is -0.0177. The first kappa shape index (κ1) is 14.0. The SMILES string of the molecule is COc1ccnc(CNCC2(O)CCOC2)c1OC. The predicted molar refractivity (Wildman–Crippen MR) is 69.4 cm³/mol. The van der Waals surface area contributed by atoms with Gasteiger partial charge in [-0.3, -0.25) is 4.98 Å². The Balaban J connectivity index is 1.95. The van der Waals surface area contributed by atoms with E-state index in [0.717, 1.165) is 5.69 Å². The molecule has 2 rings (SSSR count). The minimum Gasteiger partial charge on any atom is -0.493 e. The summed E-state index contributed by atoms with van der Waals surface area (Å²) in [5.74, 6) is 1.27. The van der Waals surface area contributed by atoms with Gasteiger partial charge in [-0.2, -0.15) is 0 Å². The van der Waals surface area contributed by atoms with Crippen molar-refractivity contribution >= 4 is 0 Å². The fourth-order valence-electron chi connectivity index (χ4n) is 2.13. The van der Waals surface area contributed by atoms with Crippen molar-refractivity contribution in [2.75, 3.05) is 34.0 Å². The Labute approximate surface area is 112 Å². The van der Waals surface area contributed by atoms with Gasteiger partial charge >= 0.3 is 0 Å². The molecule has 0 amide bonds. The van der Waals surface area contributed by atoms with Gasteiger partial charge in [0, 0.05) is 38.4 Å². The molecule has 6 nitrogen and oxygen atoms in total. The fraction of sp³-hybridized carbons (Fsp3) is 0.615. The second-order valence-corrected chi connectivity index (χ2v) is 4.62. The zero-order chi connectivity index (χ0) is 13.7. The predicted octanol–water partition coefficient (Wildman–Crippen LogP) is 0.340. The molecule has 2 heterocycles. The van der Waals surface area contributed by atoms with E-state index in [0.29, 0.717) is 44.2 Å². The van der Waals surface area contributed by atoms with E-state index in [4.69, 9.17) is 14.2 Å². The van der Waals surface area contributed by atoms with Crippen LogP contribution >= 0.6 is 0 Å². The Bertz CT molecular complexity index is 419. The zero-order valence-corrected chi connectivity index (χ0v) is 11.3. The highest BCUT2D eigenvalue weighted by molar-refractivity contribution is 5.42. The largest absolute Gasteiger partial charge is 0.493 e. The van der Waals surface area contributed by atoms with E-state index in [2.05, 4.69) is 10.3 Å². The van der Waals surface area contributed by atoms with Crippen LogP contribution in [-0.4, -0.2) is 49.7 Å². The second-order valence-electron chi connectivity index (χ2n) is 4.62. The average molecular weight is 268 g/mol. The van der Waals surface area contributed by atoms with E-state index in [1.807, 2.05) is 0 Å². The smallest absolute Gasteiger partial charge is 0.183 e. The molecule has 1 aliphatic heterocycles. The van der Waals surface area contributed by atoms with Crippen molar-refractivity contribution < 1.29 is 19.3 Å². The zero-order valence-electron chi connectivity index (χ0n) is 11.3. The van der Waals surface area contributed by atoms with Crippen molar-refractivity contribution in [3.05, 3.63) is 18.0 Å². The van der Waals surface area contributed by atoms with Crippen LogP contribution in [0, 0.1) is 0 Å². The molecule has 1 unspecified atom stereocenters. The number of nitrogens with one attached hydrogen (secondary N) is 1. The highest BCUT2D eigenvalue weighted by Gasteiger charge is 2.31. The van der Waals surface area contributed by atoms with E-state index >= 15 is 0 Å². The third-order valence-electron chi connectivity index (χ3n) is 3.20. The van der Waals surface area contributed by atoms with Crippen molar-refractivity contribution in [1.82, 2.24) is 10.3 Å². The van der Waals surface area contributed by atoms with Crippen LogP contribution in [0.1, 0.15) is 12.1 Å². The van der Waals surface area contributed by atoms with Gasteiger partial charge in [0.25, 0.3) is 0 Å². The van der Waals surface area contributed by atoms with Crippen LogP contribution in [0.5, 0.6) is 11.5 Å². The maximum atomic E-state index is 10.1. The number of rotatable bonds is 6. The quantitative estimate of drug-likeness (QED) is 0.775. The molecule has 0 bridgehead atoms. The Morgan fingerprint density at radius 1 is 1.47 bits per heavy atom. The lowest BCUT2D eigenvalue weighted by Gasteiger charge is -2.21. The molecule has 19 heavy (non-hydrogen) atoms. The topological polar surface area (TPSA) is 72.8 Å². The summed E-state index contributed by atoms with van der Waals surface area (Å²) in [5, 5.41) is 13.3. The number of nitrogens with zero attached hydrogens (tertiary/aromatic N) is 1. The Hall–Kier alpha value is -1.37. The summed E-state index contributed by atoms with van der Waals surface area (Å²) in [7, 11) is 3.18. The fourth-order valence-corrected chi connectivity index (χ4v) is 2.13. The Morgan fingerprint density at radius 2 is 2.32 bits per heavy atom. The monoisotopic (exact) mass is 268 g/mol. The van der Waals surface area contributed by atoms with Crippen molar-refractivity contribution in [2.24, 2.45) is 0 Å². The molecule has 6 heteroatoms. The summed E-state index contributed by atoms with van der Waals surface area (Å²) in [6.07, 6.45) is 2.33. The molecule has 1 aromatic rings. The first-order chi connectivity index (χ1) is 9.18. The standard InChI is InChI=1S/C13H20N2O4/c1-17-11-3-5-15-10(12(11)18-2)7-14-8-13(16)4-6-19-9-13/h3,5,14,16H,4,6-9H2,1-2H3. The molecule has 1 fully saturated rings. The lowest BCUT2D eigenvalue weighted by molar-refractivity contribution is 0.0267. The third-order valence-corrected chi connectivity index (χ3v) is 3.20. The summed E-state index contributed by atoms with van der Waals surface area (Å²) < 4.78 is 15.7. The van der Waals surface area contributed by atoms with Crippen LogP contribution in [0.4, 0.5) is 0 Å². The van der Waals surface area contributed by atoms with Crippen molar-refractivity contribution in [1.29, 1.82) is 0 Å². The van der Waals surface area contributed by atoms with Crippen molar-refractivity contribution in [3.8, 4) is 11.5 Å². The van der Waals surface area contributed by atoms with Gasteiger partial charge in [0.05, 0.1) is 26.5 Å². The summed E-state index contributed by atoms with van der Waals surface area (Å²) in [6.45, 7) is 1.96. The maximum Gasteiger partial charge on any atom is 0.183 e. The van der Waals surface area contributed by atoms with Crippen LogP contribution in [0.3, 0.4) is 0 Å². The number of hydrogen-bond donors (Lipinski definition) is 2. The van der Waals surface area contributed by atoms with Gasteiger partial charge in [-0.15, -0.1) is 0 Å². The van der Waals surface area contributed by atoms with Crippen LogP contribution in [-0.2, 0) is 11.3 Å². The lowest BCUT2D eigenvalue weighted by atomic mass is 10.0. The third kappa shape index (κ3) is 3.34. The van der Waals surface area contributed by atoms with Crippen LogP contribution in [0.25, 0.3) is 0 Å². The minimum atomic E-state index is -0.772. The van der Waals surface area contributed by atoms with Gasteiger partial charge in [-0.05, 0) is 0 Å². The Kier molecular flexibility index (Phi) is 4.57. The number of aromatic nitrogens is 1. The molecule has 0 saturated carbocycles. The van der Waals surface area contributed by atoms with Gasteiger partial charge in [-0.1, -0.05) is 0 Å². The molecule has 1 saturated heterocycles. The molecular formula is C13H20N2O4. The normalized spacial score (nSPS) is 22.5. The van der Waals surface area contributed by atoms with Crippen molar-refractivity contribution in [3.63, 3.8) is 0 Å². The van der Waals surface area contributed by atoms with E-state index < -0.39 is 5.60 Å². The highest BCUT2D eigenvalue weighted by Crippen LogP contribution is 2.28. The van der Waals surface area contributed by atoms with Crippen LogP contribution in [0.15, 0.2) is 12.3 Å². The molecule has 0 aromatic carbocycles. The molecule has 0 spiro atoms. The first-order valence-corrected chi connectivity index (χ1v) is 6.25. The molecule has 0 radical (unpaired) electrons. The number of methoxy groups -OCH3 is 2. The molecule has 0 aliphatic carbocycles. The number of ether oxygens (including phenoxy) is 3. The van der Waals surface area contributed by atoms with Gasteiger partial charge < -0.3 is 24.6 Å². The number of hydrogen-bond acceptors (Lipinski definition) is 6. The summed E-state index contributed by atoms with van der Waals surface area (Å²) >= 11 is 0. The van der Waals surface area contributed by atoms with Crippen molar-refractivity contribution in [2.45, 2.75) is 18.6 Å². The second kappa shape index (κ2) is 6.18. The van der Waals surface area contributed by atoms with Gasteiger partial charge in [-0.25, -0.2) is 0 Å². The summed E-state index contributed by atoms with van der Waals surface area (Å²) in [4.78, 5) is 4.26. The molecule has 106 valence electrons. The lowest BCUT2D eigenvalue weighted by Crippen LogP contribution is -2.40. The first-order valence-electron chi connectivity index (χ1n) is 6.25. The van der Waals surface area contributed by atoms with Gasteiger partial charge in [0.15, 0.2) is 11.5 Å².